The lowest BCUT2D eigenvalue weighted by Crippen LogP contribution is -2.54. The Balaban J connectivity index is 2.93. The molecule has 0 saturated carbocycles. The molecule has 0 saturated heterocycles. The van der Waals surface area contributed by atoms with E-state index in [1.54, 1.807) is 31.4 Å². The second-order valence-corrected chi connectivity index (χ2v) is 2.41. The standard InChI is InChI=1S/C9H11NO2/c1-12-8-4-2-3-7(5-8)9(11)6-10/h2-5H,6,10H2,1H3/p+1. The fourth-order valence-electron chi connectivity index (χ4n) is 0.941. The van der Waals surface area contributed by atoms with Crippen LogP contribution < -0.4 is 10.5 Å². The third kappa shape index (κ3) is 1.83. The molecule has 3 heteroatoms. The van der Waals surface area contributed by atoms with Gasteiger partial charge in [-0.1, -0.05) is 12.1 Å². The number of benzene rings is 1. The number of ketones is 1. The Morgan fingerprint density at radius 1 is 1.58 bits per heavy atom. The van der Waals surface area contributed by atoms with E-state index in [0.717, 1.165) is 0 Å². The van der Waals surface area contributed by atoms with Gasteiger partial charge in [-0.2, -0.15) is 0 Å². The second-order valence-electron chi connectivity index (χ2n) is 2.41. The highest BCUT2D eigenvalue weighted by molar-refractivity contribution is 5.97. The quantitative estimate of drug-likeness (QED) is 0.648. The highest BCUT2D eigenvalue weighted by Crippen LogP contribution is 2.12. The van der Waals surface area contributed by atoms with Gasteiger partial charge in [-0.15, -0.1) is 0 Å². The molecule has 0 aliphatic carbocycles. The summed E-state index contributed by atoms with van der Waals surface area (Å²) in [6, 6.07) is 7.07. The van der Waals surface area contributed by atoms with Crippen LogP contribution in [0.5, 0.6) is 5.75 Å². The monoisotopic (exact) mass is 166 g/mol. The van der Waals surface area contributed by atoms with E-state index in [2.05, 4.69) is 5.73 Å². The van der Waals surface area contributed by atoms with Gasteiger partial charge in [0.2, 0.25) is 5.78 Å². The van der Waals surface area contributed by atoms with E-state index in [1.807, 2.05) is 0 Å². The first-order valence-corrected chi connectivity index (χ1v) is 3.74. The fraction of sp³-hybridized carbons (Fsp3) is 0.222. The van der Waals surface area contributed by atoms with Gasteiger partial charge in [-0.25, -0.2) is 0 Å². The molecule has 0 atom stereocenters. The van der Waals surface area contributed by atoms with Gasteiger partial charge in [-0.3, -0.25) is 4.79 Å². The molecule has 1 aromatic rings. The number of hydrogen-bond donors (Lipinski definition) is 1. The molecule has 0 bridgehead atoms. The first-order valence-electron chi connectivity index (χ1n) is 3.74. The summed E-state index contributed by atoms with van der Waals surface area (Å²) in [5, 5.41) is 0. The van der Waals surface area contributed by atoms with Crippen LogP contribution in [0.3, 0.4) is 0 Å². The van der Waals surface area contributed by atoms with E-state index in [0.29, 0.717) is 11.3 Å². The van der Waals surface area contributed by atoms with Crippen LogP contribution in [-0.4, -0.2) is 19.4 Å². The Bertz CT molecular complexity index is 284. The van der Waals surface area contributed by atoms with Crippen molar-refractivity contribution in [3.8, 4) is 5.75 Å². The van der Waals surface area contributed by atoms with Gasteiger partial charge >= 0.3 is 0 Å². The number of ether oxygens (including phenoxy) is 1. The van der Waals surface area contributed by atoms with Crippen molar-refractivity contribution in [3.63, 3.8) is 0 Å². The molecule has 1 aromatic carbocycles. The molecule has 0 heterocycles. The largest absolute Gasteiger partial charge is 0.497 e. The highest BCUT2D eigenvalue weighted by Gasteiger charge is 2.04. The molecule has 3 nitrogen and oxygen atoms in total. The summed E-state index contributed by atoms with van der Waals surface area (Å²) < 4.78 is 4.98. The molecule has 64 valence electrons. The first kappa shape index (κ1) is 8.74. The molecule has 0 aliphatic rings. The van der Waals surface area contributed by atoms with Gasteiger partial charge in [0.25, 0.3) is 0 Å². The third-order valence-corrected chi connectivity index (χ3v) is 1.62. The minimum Gasteiger partial charge on any atom is -0.497 e. The average molecular weight is 166 g/mol. The van der Waals surface area contributed by atoms with E-state index in [-0.39, 0.29) is 12.3 Å². The van der Waals surface area contributed by atoms with Crippen LogP contribution in [0.4, 0.5) is 0 Å². The van der Waals surface area contributed by atoms with Crippen molar-refractivity contribution >= 4 is 5.78 Å². The summed E-state index contributed by atoms with van der Waals surface area (Å²) in [6.45, 7) is 0.285. The van der Waals surface area contributed by atoms with Crippen molar-refractivity contribution in [2.45, 2.75) is 0 Å². The second kappa shape index (κ2) is 3.88. The van der Waals surface area contributed by atoms with Crippen molar-refractivity contribution in [2.24, 2.45) is 0 Å². The van der Waals surface area contributed by atoms with Crippen LogP contribution in [0.25, 0.3) is 0 Å². The highest BCUT2D eigenvalue weighted by atomic mass is 16.5. The normalized spacial score (nSPS) is 9.50. The molecule has 0 radical (unpaired) electrons. The number of rotatable bonds is 3. The lowest BCUT2D eigenvalue weighted by molar-refractivity contribution is -0.349. The molecule has 12 heavy (non-hydrogen) atoms. The van der Waals surface area contributed by atoms with Crippen molar-refractivity contribution in [3.05, 3.63) is 29.8 Å². The Hall–Kier alpha value is -1.35. The summed E-state index contributed by atoms with van der Waals surface area (Å²) in [4.78, 5) is 11.2. The minimum absolute atomic E-state index is 0.0360. The summed E-state index contributed by atoms with van der Waals surface area (Å²) in [5.41, 5.74) is 4.18. The van der Waals surface area contributed by atoms with Crippen LogP contribution in [0.15, 0.2) is 24.3 Å². The molecule has 3 N–H and O–H groups in total. The van der Waals surface area contributed by atoms with Crippen LogP contribution in [0.1, 0.15) is 10.4 Å². The maximum Gasteiger partial charge on any atom is 0.216 e. The third-order valence-electron chi connectivity index (χ3n) is 1.62. The predicted octanol–water partition coefficient (Wildman–Crippen LogP) is 0.120. The van der Waals surface area contributed by atoms with Gasteiger partial charge in [0.05, 0.1) is 7.11 Å². The molecule has 1 rings (SSSR count). The number of quaternary nitrogens is 1. The zero-order chi connectivity index (χ0) is 8.97. The van der Waals surface area contributed by atoms with Crippen LogP contribution in [0, 0.1) is 0 Å². The summed E-state index contributed by atoms with van der Waals surface area (Å²) in [6.07, 6.45) is 0. The summed E-state index contributed by atoms with van der Waals surface area (Å²) >= 11 is 0. The zero-order valence-electron chi connectivity index (χ0n) is 7.04. The molecule has 0 unspecified atom stereocenters. The molecule has 0 fully saturated rings. The Kier molecular flexibility index (Phi) is 2.82. The van der Waals surface area contributed by atoms with Crippen LogP contribution in [0.2, 0.25) is 0 Å². The van der Waals surface area contributed by atoms with Crippen molar-refractivity contribution in [1.82, 2.24) is 0 Å². The van der Waals surface area contributed by atoms with Gasteiger partial charge in [0, 0.05) is 5.56 Å². The van der Waals surface area contributed by atoms with Gasteiger partial charge in [-0.05, 0) is 12.1 Å². The fourth-order valence-corrected chi connectivity index (χ4v) is 0.941. The van der Waals surface area contributed by atoms with E-state index in [1.165, 1.54) is 0 Å². The first-order chi connectivity index (χ1) is 5.77. The van der Waals surface area contributed by atoms with Crippen molar-refractivity contribution < 1.29 is 15.3 Å². The molecular formula is C9H12NO2+. The SMILES string of the molecule is COc1cccc(C(=O)C[NH3+])c1. The van der Waals surface area contributed by atoms with Gasteiger partial charge in [0.1, 0.15) is 12.3 Å². The zero-order valence-corrected chi connectivity index (χ0v) is 7.04. The molecular weight excluding hydrogens is 154 g/mol. The molecule has 0 aromatic heterocycles. The number of hydrogen-bond acceptors (Lipinski definition) is 2. The Labute approximate surface area is 71.1 Å². The smallest absolute Gasteiger partial charge is 0.216 e. The Morgan fingerprint density at radius 3 is 2.92 bits per heavy atom. The van der Waals surface area contributed by atoms with Crippen molar-refractivity contribution in [2.75, 3.05) is 13.7 Å². The van der Waals surface area contributed by atoms with E-state index >= 15 is 0 Å². The molecule has 0 amide bonds. The number of carbonyl (C=O) groups is 1. The number of carbonyl (C=O) groups excluding carboxylic acids is 1. The summed E-state index contributed by atoms with van der Waals surface area (Å²) in [5.74, 6) is 0.739. The maximum atomic E-state index is 11.2. The van der Waals surface area contributed by atoms with Crippen LogP contribution >= 0.6 is 0 Å². The van der Waals surface area contributed by atoms with E-state index < -0.39 is 0 Å². The number of Topliss-reactive ketones (excluding diaryl/α,β-unsaturated/α-hetero) is 1. The Morgan fingerprint density at radius 2 is 2.33 bits per heavy atom. The van der Waals surface area contributed by atoms with Gasteiger partial charge in [0.15, 0.2) is 0 Å². The molecule has 0 spiro atoms. The minimum atomic E-state index is 0.0360. The topological polar surface area (TPSA) is 53.9 Å². The maximum absolute atomic E-state index is 11.2. The van der Waals surface area contributed by atoms with E-state index in [9.17, 15) is 4.79 Å². The summed E-state index contributed by atoms with van der Waals surface area (Å²) in [7, 11) is 1.58. The lowest BCUT2D eigenvalue weighted by Gasteiger charge is -2.00. The average Bonchev–Trinajstić information content (AvgIpc) is 2.17. The van der Waals surface area contributed by atoms with Gasteiger partial charge < -0.3 is 10.5 Å². The predicted molar refractivity (Wildman–Crippen MR) is 45.1 cm³/mol. The van der Waals surface area contributed by atoms with Crippen molar-refractivity contribution in [1.29, 1.82) is 0 Å². The number of methoxy groups -OCH3 is 1. The van der Waals surface area contributed by atoms with E-state index in [4.69, 9.17) is 4.74 Å². The lowest BCUT2D eigenvalue weighted by atomic mass is 10.1. The van der Waals surface area contributed by atoms with Crippen LogP contribution in [-0.2, 0) is 0 Å². The molecule has 0 aliphatic heterocycles.